The second-order valence-electron chi connectivity index (χ2n) is 10.2. The lowest BCUT2D eigenvalue weighted by Crippen LogP contribution is -2.55. The minimum atomic E-state index is -1.73. The lowest BCUT2D eigenvalue weighted by atomic mass is 9.89. The molecular formula is C25H44N2O8. The Balaban J connectivity index is 2.42. The Morgan fingerprint density at radius 3 is 2.23 bits per heavy atom. The molecule has 10 heteroatoms. The third-order valence-electron chi connectivity index (χ3n) is 5.87. The number of esters is 1. The van der Waals surface area contributed by atoms with Gasteiger partial charge >= 0.3 is 5.97 Å². The van der Waals surface area contributed by atoms with E-state index in [9.17, 15) is 29.7 Å². The molecule has 0 saturated heterocycles. The molecule has 0 aliphatic heterocycles. The third-order valence-corrected chi connectivity index (χ3v) is 5.87. The Morgan fingerprint density at radius 2 is 1.66 bits per heavy atom. The van der Waals surface area contributed by atoms with Gasteiger partial charge in [0.1, 0.15) is 24.4 Å². The summed E-state index contributed by atoms with van der Waals surface area (Å²) in [7, 11) is 1.18. The van der Waals surface area contributed by atoms with E-state index >= 15 is 0 Å². The molecule has 0 aromatic rings. The quantitative estimate of drug-likeness (QED) is 0.141. The maximum atomic E-state index is 12.5. The summed E-state index contributed by atoms with van der Waals surface area (Å²) in [6.45, 7) is 7.64. The fourth-order valence-electron chi connectivity index (χ4n) is 3.71. The highest BCUT2D eigenvalue weighted by molar-refractivity contribution is 5.89. The number of aliphatic hydroxyl groups excluding tert-OH is 3. The summed E-state index contributed by atoms with van der Waals surface area (Å²) >= 11 is 0. The van der Waals surface area contributed by atoms with Gasteiger partial charge in [-0.15, -0.1) is 0 Å². The fraction of sp³-hybridized carbons (Fsp3) is 0.800. The first-order chi connectivity index (χ1) is 16.4. The lowest BCUT2D eigenvalue weighted by Gasteiger charge is -2.28. The molecule has 1 aliphatic carbocycles. The molecule has 35 heavy (non-hydrogen) atoms. The Labute approximate surface area is 208 Å². The van der Waals surface area contributed by atoms with E-state index in [0.29, 0.717) is 6.42 Å². The molecule has 5 N–H and O–H groups in total. The van der Waals surface area contributed by atoms with Gasteiger partial charge < -0.3 is 35.4 Å². The van der Waals surface area contributed by atoms with Crippen molar-refractivity contribution >= 4 is 17.8 Å². The van der Waals surface area contributed by atoms with E-state index in [0.717, 1.165) is 32.1 Å². The van der Waals surface area contributed by atoms with Gasteiger partial charge in [0.2, 0.25) is 5.91 Å². The van der Waals surface area contributed by atoms with E-state index in [2.05, 4.69) is 10.6 Å². The molecule has 2 amide bonds. The number of aliphatic hydroxyl groups is 3. The van der Waals surface area contributed by atoms with Crippen molar-refractivity contribution in [2.24, 2.45) is 11.3 Å². The smallest absolute Gasteiger partial charge is 0.308 e. The van der Waals surface area contributed by atoms with Crippen molar-refractivity contribution in [1.29, 1.82) is 0 Å². The van der Waals surface area contributed by atoms with Gasteiger partial charge in [-0.1, -0.05) is 52.2 Å². The fourth-order valence-corrected chi connectivity index (χ4v) is 3.71. The van der Waals surface area contributed by atoms with Crippen LogP contribution in [-0.2, 0) is 23.9 Å². The Hall–Kier alpha value is -2.01. The summed E-state index contributed by atoms with van der Waals surface area (Å²) in [5.74, 6) is -1.47. The molecule has 0 aromatic carbocycles. The summed E-state index contributed by atoms with van der Waals surface area (Å²) in [5.41, 5.74) is -0.247. The summed E-state index contributed by atoms with van der Waals surface area (Å²) in [4.78, 5) is 36.8. The van der Waals surface area contributed by atoms with Gasteiger partial charge in [0.25, 0.3) is 5.91 Å². The molecule has 1 aliphatic rings. The molecule has 0 spiro atoms. The molecule has 0 aromatic heterocycles. The number of carbonyl (C=O) groups excluding carboxylic acids is 3. The number of amides is 2. The monoisotopic (exact) mass is 500 g/mol. The van der Waals surface area contributed by atoms with Crippen LogP contribution in [-0.4, -0.2) is 83.8 Å². The van der Waals surface area contributed by atoms with Crippen LogP contribution in [0.1, 0.15) is 66.2 Å². The van der Waals surface area contributed by atoms with Crippen LogP contribution in [0, 0.1) is 11.3 Å². The van der Waals surface area contributed by atoms with E-state index in [1.165, 1.54) is 20.1 Å². The molecule has 5 atom stereocenters. The number of hydrogen-bond donors (Lipinski definition) is 5. The van der Waals surface area contributed by atoms with Crippen LogP contribution in [0.3, 0.4) is 0 Å². The van der Waals surface area contributed by atoms with Crippen LogP contribution < -0.4 is 10.6 Å². The number of nitrogens with one attached hydrogen (secondary N) is 2. The predicted molar refractivity (Wildman–Crippen MR) is 130 cm³/mol. The predicted octanol–water partition coefficient (Wildman–Crippen LogP) is 0.821. The topological polar surface area (TPSA) is 154 Å². The van der Waals surface area contributed by atoms with Crippen molar-refractivity contribution in [2.45, 2.75) is 96.7 Å². The highest BCUT2D eigenvalue weighted by atomic mass is 16.5. The zero-order valence-corrected chi connectivity index (χ0v) is 21.7. The van der Waals surface area contributed by atoms with Crippen molar-refractivity contribution in [2.75, 3.05) is 20.3 Å². The SMILES string of the molecule is CO[C@@H](C(=O)N[C@@H](C)C(=O)NCCCOC(=O)C1CCCCC1)[C@H](O)[C@@H](O)[C@H](O)/C=C/C(C)(C)C. The van der Waals surface area contributed by atoms with Crippen LogP contribution in [0.2, 0.25) is 0 Å². The molecule has 10 nitrogen and oxygen atoms in total. The molecular weight excluding hydrogens is 456 g/mol. The summed E-state index contributed by atoms with van der Waals surface area (Å²) < 4.78 is 10.3. The number of ether oxygens (including phenoxy) is 2. The van der Waals surface area contributed by atoms with Crippen LogP contribution in [0.5, 0.6) is 0 Å². The van der Waals surface area contributed by atoms with Gasteiger partial charge in [0.05, 0.1) is 12.5 Å². The number of hydrogen-bond acceptors (Lipinski definition) is 8. The largest absolute Gasteiger partial charge is 0.465 e. The summed E-state index contributed by atoms with van der Waals surface area (Å²) in [6.07, 6.45) is 2.14. The first kappa shape index (κ1) is 31.0. The molecule has 0 unspecified atom stereocenters. The molecule has 1 saturated carbocycles. The van der Waals surface area contributed by atoms with E-state index in [1.807, 2.05) is 20.8 Å². The number of methoxy groups -OCH3 is 1. The molecule has 0 heterocycles. The number of allylic oxidation sites excluding steroid dienone is 1. The molecule has 202 valence electrons. The minimum absolute atomic E-state index is 0.0215. The van der Waals surface area contributed by atoms with Crippen molar-refractivity contribution in [3.8, 4) is 0 Å². The lowest BCUT2D eigenvalue weighted by molar-refractivity contribution is -0.151. The normalized spacial score (nSPS) is 19.4. The third kappa shape index (κ3) is 11.5. The Bertz CT molecular complexity index is 700. The van der Waals surface area contributed by atoms with E-state index in [-0.39, 0.29) is 30.5 Å². The van der Waals surface area contributed by atoms with E-state index < -0.39 is 42.3 Å². The van der Waals surface area contributed by atoms with E-state index in [4.69, 9.17) is 9.47 Å². The maximum Gasteiger partial charge on any atom is 0.308 e. The van der Waals surface area contributed by atoms with Crippen LogP contribution >= 0.6 is 0 Å². The second-order valence-corrected chi connectivity index (χ2v) is 10.2. The average Bonchev–Trinajstić information content (AvgIpc) is 2.81. The van der Waals surface area contributed by atoms with Gasteiger partial charge in [-0.2, -0.15) is 0 Å². The minimum Gasteiger partial charge on any atom is -0.465 e. The standard InChI is InChI=1S/C25H44N2O8/c1-16(22(31)26-14-9-15-35-24(33)17-10-7-6-8-11-17)27-23(32)21(34-5)20(30)19(29)18(28)12-13-25(2,3)4/h12-13,16-21,28-30H,6-11,14-15H2,1-5H3,(H,26,31)(H,27,32)/b13-12+/t16-,18+,19-,20+,21+/m0/s1. The highest BCUT2D eigenvalue weighted by Crippen LogP contribution is 2.24. The van der Waals surface area contributed by atoms with Crippen LogP contribution in [0.15, 0.2) is 12.2 Å². The zero-order valence-electron chi connectivity index (χ0n) is 21.7. The summed E-state index contributed by atoms with van der Waals surface area (Å²) in [6, 6.07) is -0.944. The molecule has 0 bridgehead atoms. The summed E-state index contributed by atoms with van der Waals surface area (Å²) in [5, 5.41) is 35.8. The maximum absolute atomic E-state index is 12.5. The van der Waals surface area contributed by atoms with Gasteiger partial charge in [-0.25, -0.2) is 0 Å². The molecule has 0 radical (unpaired) electrons. The highest BCUT2D eigenvalue weighted by Gasteiger charge is 2.36. The van der Waals surface area contributed by atoms with Crippen molar-refractivity contribution in [3.05, 3.63) is 12.2 Å². The second kappa shape index (κ2) is 15.2. The van der Waals surface area contributed by atoms with Crippen molar-refractivity contribution < 1.29 is 39.2 Å². The average molecular weight is 501 g/mol. The first-order valence-corrected chi connectivity index (χ1v) is 12.4. The van der Waals surface area contributed by atoms with E-state index in [1.54, 1.807) is 6.08 Å². The Morgan fingerprint density at radius 1 is 1.03 bits per heavy atom. The van der Waals surface area contributed by atoms with Crippen molar-refractivity contribution in [3.63, 3.8) is 0 Å². The van der Waals surface area contributed by atoms with Crippen LogP contribution in [0.4, 0.5) is 0 Å². The number of carbonyl (C=O) groups is 3. The van der Waals surface area contributed by atoms with Crippen molar-refractivity contribution in [1.82, 2.24) is 10.6 Å². The van der Waals surface area contributed by atoms with Crippen LogP contribution in [0.25, 0.3) is 0 Å². The number of rotatable bonds is 13. The first-order valence-electron chi connectivity index (χ1n) is 12.4. The Kier molecular flexibility index (Phi) is 13.5. The van der Waals surface area contributed by atoms with Gasteiger partial charge in [-0.05, 0) is 31.6 Å². The molecule has 1 fully saturated rings. The molecule has 1 rings (SSSR count). The zero-order chi connectivity index (χ0) is 26.6. The van der Waals surface area contributed by atoms with Gasteiger partial charge in [0.15, 0.2) is 6.10 Å². The van der Waals surface area contributed by atoms with Gasteiger partial charge in [-0.3, -0.25) is 14.4 Å². The van der Waals surface area contributed by atoms with Gasteiger partial charge in [0, 0.05) is 13.7 Å².